The molecule has 1 unspecified atom stereocenters. The molecule has 98 valence electrons. The number of carbonyl (C=O) groups excluding carboxylic acids is 1. The molecular formula is C14H19NO2S. The van der Waals surface area contributed by atoms with Gasteiger partial charge in [-0.2, -0.15) is 0 Å². The molecule has 1 aliphatic rings. The number of carbonyl (C=O) groups is 1. The Morgan fingerprint density at radius 2 is 2.22 bits per heavy atom. The van der Waals surface area contributed by atoms with Gasteiger partial charge in [-0.3, -0.25) is 4.79 Å². The van der Waals surface area contributed by atoms with Crippen molar-refractivity contribution in [2.75, 3.05) is 17.7 Å². The molecule has 18 heavy (non-hydrogen) atoms. The van der Waals surface area contributed by atoms with Crippen LogP contribution in [0.25, 0.3) is 0 Å². The van der Waals surface area contributed by atoms with Crippen LogP contribution >= 0.6 is 11.8 Å². The van der Waals surface area contributed by atoms with E-state index in [1.807, 2.05) is 12.1 Å². The van der Waals surface area contributed by atoms with E-state index in [2.05, 4.69) is 25.2 Å². The molecule has 2 N–H and O–H groups in total. The van der Waals surface area contributed by atoms with Gasteiger partial charge >= 0.3 is 0 Å². The predicted molar refractivity (Wildman–Crippen MR) is 74.9 cm³/mol. The van der Waals surface area contributed by atoms with Crippen LogP contribution < -0.4 is 5.32 Å². The molecule has 1 aromatic carbocycles. The number of thioether (sulfide) groups is 1. The highest BCUT2D eigenvalue weighted by Crippen LogP contribution is 2.33. The molecule has 1 aromatic rings. The lowest BCUT2D eigenvalue weighted by Gasteiger charge is -2.20. The zero-order chi connectivity index (χ0) is 13.1. The number of hydrogen-bond donors (Lipinski definition) is 2. The number of aliphatic hydroxyl groups excluding tert-OH is 1. The van der Waals surface area contributed by atoms with Gasteiger partial charge in [-0.15, -0.1) is 11.8 Å². The zero-order valence-electron chi connectivity index (χ0n) is 10.8. The molecule has 1 heterocycles. The summed E-state index contributed by atoms with van der Waals surface area (Å²) in [6.45, 7) is 4.49. The summed E-state index contributed by atoms with van der Waals surface area (Å²) in [4.78, 5) is 12.4. The topological polar surface area (TPSA) is 49.3 Å². The zero-order valence-corrected chi connectivity index (χ0v) is 11.6. The molecule has 0 fully saturated rings. The third kappa shape index (κ3) is 3.06. The molecular weight excluding hydrogens is 246 g/mol. The number of fused-ring (bicyclic) bond motifs is 1. The summed E-state index contributed by atoms with van der Waals surface area (Å²) in [5.41, 5.74) is 2.13. The first kappa shape index (κ1) is 13.4. The second-order valence-corrected chi connectivity index (χ2v) is 6.08. The molecule has 0 saturated carbocycles. The first-order chi connectivity index (χ1) is 8.60. The second-order valence-electron chi connectivity index (χ2n) is 5.06. The first-order valence-corrected chi connectivity index (χ1v) is 7.25. The van der Waals surface area contributed by atoms with Gasteiger partial charge in [0.1, 0.15) is 0 Å². The van der Waals surface area contributed by atoms with Gasteiger partial charge < -0.3 is 10.4 Å². The maximum Gasteiger partial charge on any atom is 0.234 e. The van der Waals surface area contributed by atoms with Crippen LogP contribution in [0.5, 0.6) is 0 Å². The van der Waals surface area contributed by atoms with Crippen LogP contribution in [-0.4, -0.2) is 23.4 Å². The van der Waals surface area contributed by atoms with Crippen LogP contribution in [0.2, 0.25) is 0 Å². The Morgan fingerprint density at radius 1 is 1.44 bits per heavy atom. The Labute approximate surface area is 112 Å². The Hall–Kier alpha value is -1.00. The van der Waals surface area contributed by atoms with Crippen LogP contribution in [0.1, 0.15) is 19.4 Å². The lowest BCUT2D eigenvalue weighted by molar-refractivity contribution is -0.113. The fourth-order valence-corrected chi connectivity index (χ4v) is 2.93. The van der Waals surface area contributed by atoms with E-state index in [0.29, 0.717) is 17.6 Å². The van der Waals surface area contributed by atoms with Crippen molar-refractivity contribution in [1.29, 1.82) is 0 Å². The normalized spacial score (nSPS) is 16.3. The highest BCUT2D eigenvalue weighted by molar-refractivity contribution is 8.00. The summed E-state index contributed by atoms with van der Waals surface area (Å²) in [5.74, 6) is 1.32. The number of anilines is 1. The molecule has 0 saturated heterocycles. The summed E-state index contributed by atoms with van der Waals surface area (Å²) < 4.78 is 0. The standard InChI is InChI=1S/C14H19NO2S/c1-9(2)11(7-16)5-10-3-4-12-13(6-10)18-8-14(17)15-12/h3-4,6,9,11,16H,5,7-8H2,1-2H3,(H,15,17). The van der Waals surface area contributed by atoms with Crippen molar-refractivity contribution in [3.05, 3.63) is 23.8 Å². The average Bonchev–Trinajstić information content (AvgIpc) is 2.35. The molecule has 1 atom stereocenters. The van der Waals surface area contributed by atoms with Gasteiger partial charge in [-0.05, 0) is 36.0 Å². The smallest absolute Gasteiger partial charge is 0.234 e. The van der Waals surface area contributed by atoms with E-state index in [1.54, 1.807) is 11.8 Å². The van der Waals surface area contributed by atoms with Crippen molar-refractivity contribution < 1.29 is 9.90 Å². The minimum Gasteiger partial charge on any atom is -0.396 e. The predicted octanol–water partition coefficient (Wildman–Crippen LogP) is 2.54. The second kappa shape index (κ2) is 5.76. The van der Waals surface area contributed by atoms with E-state index < -0.39 is 0 Å². The van der Waals surface area contributed by atoms with Crippen LogP contribution in [0.4, 0.5) is 5.69 Å². The maximum atomic E-state index is 11.3. The van der Waals surface area contributed by atoms with Crippen molar-refractivity contribution in [2.45, 2.75) is 25.2 Å². The molecule has 2 rings (SSSR count). The Morgan fingerprint density at radius 3 is 2.89 bits per heavy atom. The summed E-state index contributed by atoms with van der Waals surface area (Å²) in [6.07, 6.45) is 0.885. The Kier molecular flexibility index (Phi) is 4.30. The number of hydrogen-bond acceptors (Lipinski definition) is 3. The summed E-state index contributed by atoms with van der Waals surface area (Å²) >= 11 is 1.58. The van der Waals surface area contributed by atoms with Gasteiger partial charge in [-0.25, -0.2) is 0 Å². The lowest BCUT2D eigenvalue weighted by Crippen LogP contribution is -2.19. The Bertz CT molecular complexity index is 445. The summed E-state index contributed by atoms with van der Waals surface area (Å²) in [7, 11) is 0. The molecule has 1 aliphatic heterocycles. The average molecular weight is 265 g/mol. The molecule has 4 heteroatoms. The van der Waals surface area contributed by atoms with Gasteiger partial charge in [0.15, 0.2) is 0 Å². The van der Waals surface area contributed by atoms with Crippen LogP contribution in [0, 0.1) is 11.8 Å². The molecule has 0 radical (unpaired) electrons. The highest BCUT2D eigenvalue weighted by atomic mass is 32.2. The maximum absolute atomic E-state index is 11.3. The minimum absolute atomic E-state index is 0.0654. The minimum atomic E-state index is 0.0654. The third-order valence-electron chi connectivity index (χ3n) is 3.35. The van der Waals surface area contributed by atoms with E-state index in [4.69, 9.17) is 0 Å². The van der Waals surface area contributed by atoms with Crippen molar-refractivity contribution in [3.63, 3.8) is 0 Å². The van der Waals surface area contributed by atoms with Gasteiger partial charge in [0, 0.05) is 11.5 Å². The number of aliphatic hydroxyl groups is 1. The van der Waals surface area contributed by atoms with E-state index in [9.17, 15) is 9.90 Å². The molecule has 0 aromatic heterocycles. The highest BCUT2D eigenvalue weighted by Gasteiger charge is 2.17. The van der Waals surface area contributed by atoms with Gasteiger partial charge in [0.05, 0.1) is 11.4 Å². The van der Waals surface area contributed by atoms with Gasteiger partial charge in [-0.1, -0.05) is 19.9 Å². The summed E-state index contributed by atoms with van der Waals surface area (Å²) in [6, 6.07) is 6.13. The van der Waals surface area contributed by atoms with Crippen molar-refractivity contribution in [3.8, 4) is 0 Å². The molecule has 0 bridgehead atoms. The van der Waals surface area contributed by atoms with Crippen molar-refractivity contribution in [1.82, 2.24) is 0 Å². The third-order valence-corrected chi connectivity index (χ3v) is 4.41. The lowest BCUT2D eigenvalue weighted by atomic mass is 9.90. The SMILES string of the molecule is CC(C)C(CO)Cc1ccc2c(c1)SCC(=O)N2. The fourth-order valence-electron chi connectivity index (χ4n) is 2.06. The number of benzene rings is 1. The molecule has 1 amide bonds. The molecule has 0 spiro atoms. The van der Waals surface area contributed by atoms with Crippen LogP contribution in [0.15, 0.2) is 23.1 Å². The monoisotopic (exact) mass is 265 g/mol. The van der Waals surface area contributed by atoms with Crippen LogP contribution in [0.3, 0.4) is 0 Å². The Balaban J connectivity index is 2.14. The van der Waals surface area contributed by atoms with Crippen molar-refractivity contribution in [2.24, 2.45) is 11.8 Å². The van der Waals surface area contributed by atoms with Crippen molar-refractivity contribution >= 4 is 23.4 Å². The van der Waals surface area contributed by atoms with E-state index >= 15 is 0 Å². The van der Waals surface area contributed by atoms with Gasteiger partial charge in [0.25, 0.3) is 0 Å². The first-order valence-electron chi connectivity index (χ1n) is 6.26. The molecule has 0 aliphatic carbocycles. The van der Waals surface area contributed by atoms with E-state index in [0.717, 1.165) is 17.0 Å². The number of rotatable bonds is 4. The largest absolute Gasteiger partial charge is 0.396 e. The molecule has 3 nitrogen and oxygen atoms in total. The van der Waals surface area contributed by atoms with E-state index in [-0.39, 0.29) is 12.5 Å². The summed E-state index contributed by atoms with van der Waals surface area (Å²) in [5, 5.41) is 12.2. The quantitative estimate of drug-likeness (QED) is 0.879. The fraction of sp³-hybridized carbons (Fsp3) is 0.500. The van der Waals surface area contributed by atoms with Gasteiger partial charge in [0.2, 0.25) is 5.91 Å². The number of amides is 1. The van der Waals surface area contributed by atoms with Crippen LogP contribution in [-0.2, 0) is 11.2 Å². The van der Waals surface area contributed by atoms with E-state index in [1.165, 1.54) is 5.56 Å². The number of nitrogens with one attached hydrogen (secondary N) is 1.